The predicted octanol–water partition coefficient (Wildman–Crippen LogP) is 3.99. The number of fused-ring (bicyclic) bond motifs is 1. The monoisotopic (exact) mass is 460 g/mol. The molecule has 176 valence electrons. The molecule has 1 aliphatic heterocycles. The molecule has 0 bridgehead atoms. The van der Waals surface area contributed by atoms with Crippen LogP contribution in [0.25, 0.3) is 0 Å². The average Bonchev–Trinajstić information content (AvgIpc) is 3.21. The van der Waals surface area contributed by atoms with E-state index in [1.165, 1.54) is 0 Å². The first-order chi connectivity index (χ1) is 16.5. The summed E-state index contributed by atoms with van der Waals surface area (Å²) in [7, 11) is 3.19. The second-order valence-electron chi connectivity index (χ2n) is 8.16. The zero-order chi connectivity index (χ0) is 24.1. The van der Waals surface area contributed by atoms with E-state index in [0.717, 1.165) is 29.0 Å². The van der Waals surface area contributed by atoms with Crippen LogP contribution in [0.1, 0.15) is 28.4 Å². The fraction of sp³-hybridized carbons (Fsp3) is 0.259. The Morgan fingerprint density at radius 1 is 0.912 bits per heavy atom. The van der Waals surface area contributed by atoms with Crippen molar-refractivity contribution in [3.8, 4) is 17.2 Å². The lowest BCUT2D eigenvalue weighted by Gasteiger charge is -2.23. The van der Waals surface area contributed by atoms with Crippen molar-refractivity contribution < 1.29 is 23.8 Å². The van der Waals surface area contributed by atoms with Gasteiger partial charge in [-0.25, -0.2) is 0 Å². The number of benzene rings is 3. The third-order valence-corrected chi connectivity index (χ3v) is 5.84. The predicted molar refractivity (Wildman–Crippen MR) is 130 cm³/mol. The Morgan fingerprint density at radius 3 is 2.18 bits per heavy atom. The van der Waals surface area contributed by atoms with Gasteiger partial charge in [-0.2, -0.15) is 0 Å². The molecule has 4 rings (SSSR count). The van der Waals surface area contributed by atoms with Crippen LogP contribution in [0.2, 0.25) is 0 Å². The van der Waals surface area contributed by atoms with Crippen LogP contribution in [0.4, 0.5) is 5.69 Å². The van der Waals surface area contributed by atoms with Crippen LogP contribution in [-0.2, 0) is 17.8 Å². The van der Waals surface area contributed by atoms with E-state index in [9.17, 15) is 9.59 Å². The maximum absolute atomic E-state index is 13.2. The van der Waals surface area contributed by atoms with Crippen molar-refractivity contribution in [2.45, 2.75) is 25.9 Å². The zero-order valence-corrected chi connectivity index (χ0v) is 19.5. The molecule has 3 aromatic rings. The van der Waals surface area contributed by atoms with Crippen LogP contribution in [0.15, 0.2) is 66.7 Å². The van der Waals surface area contributed by atoms with Gasteiger partial charge < -0.3 is 24.4 Å². The lowest BCUT2D eigenvalue weighted by Crippen LogP contribution is -2.35. The quantitative estimate of drug-likeness (QED) is 0.550. The van der Waals surface area contributed by atoms with E-state index in [-0.39, 0.29) is 24.5 Å². The summed E-state index contributed by atoms with van der Waals surface area (Å²) in [5.74, 6) is 1.75. The first-order valence-corrected chi connectivity index (χ1v) is 11.1. The van der Waals surface area contributed by atoms with Crippen LogP contribution in [-0.4, -0.2) is 38.7 Å². The van der Waals surface area contributed by atoms with Gasteiger partial charge in [-0.1, -0.05) is 12.1 Å². The molecular weight excluding hydrogens is 432 g/mol. The van der Waals surface area contributed by atoms with E-state index in [1.54, 1.807) is 62.8 Å². The molecule has 2 amide bonds. The molecule has 34 heavy (non-hydrogen) atoms. The molecule has 0 aromatic heterocycles. The molecule has 0 saturated carbocycles. The Bertz CT molecular complexity index is 1160. The molecule has 1 atom stereocenters. The molecule has 0 spiro atoms. The molecule has 0 saturated heterocycles. The van der Waals surface area contributed by atoms with E-state index < -0.39 is 0 Å². The molecule has 0 unspecified atom stereocenters. The van der Waals surface area contributed by atoms with Gasteiger partial charge in [-0.05, 0) is 79.1 Å². The summed E-state index contributed by atoms with van der Waals surface area (Å²) in [5, 5.41) is 2.88. The standard InChI is InChI=1S/C27H28N2O5/c1-18-14-21-5-4-19(16-28-26(30)17-34-24-12-10-23(33-3)11-13-24)15-25(21)29(18)27(31)20-6-8-22(32-2)9-7-20/h4-13,15,18H,14,16-17H2,1-3H3,(H,28,30)/t18-/m1/s1. The highest BCUT2D eigenvalue weighted by Crippen LogP contribution is 2.34. The molecule has 1 N–H and O–H groups in total. The van der Waals surface area contributed by atoms with Crippen LogP contribution in [0, 0.1) is 0 Å². The summed E-state index contributed by atoms with van der Waals surface area (Å²) in [6.45, 7) is 2.30. The van der Waals surface area contributed by atoms with Crippen LogP contribution >= 0.6 is 0 Å². The van der Waals surface area contributed by atoms with Gasteiger partial charge >= 0.3 is 0 Å². The van der Waals surface area contributed by atoms with Gasteiger partial charge in [0.05, 0.1) is 14.2 Å². The fourth-order valence-corrected chi connectivity index (χ4v) is 4.02. The Kier molecular flexibility index (Phi) is 7.01. The summed E-state index contributed by atoms with van der Waals surface area (Å²) in [5.41, 5.74) is 3.52. The van der Waals surface area contributed by atoms with Crippen molar-refractivity contribution in [1.29, 1.82) is 0 Å². The number of nitrogens with one attached hydrogen (secondary N) is 1. The van der Waals surface area contributed by atoms with E-state index in [2.05, 4.69) is 5.32 Å². The lowest BCUT2D eigenvalue weighted by molar-refractivity contribution is -0.123. The summed E-state index contributed by atoms with van der Waals surface area (Å²) in [6, 6.07) is 20.2. The number of hydrogen-bond acceptors (Lipinski definition) is 5. The molecule has 0 aliphatic carbocycles. The van der Waals surface area contributed by atoms with Gasteiger partial charge in [0.2, 0.25) is 0 Å². The molecule has 1 aliphatic rings. The van der Waals surface area contributed by atoms with Crippen molar-refractivity contribution in [3.05, 3.63) is 83.4 Å². The number of carbonyl (C=O) groups is 2. The fourth-order valence-electron chi connectivity index (χ4n) is 4.02. The number of amides is 2. The number of hydrogen-bond donors (Lipinski definition) is 1. The van der Waals surface area contributed by atoms with Gasteiger partial charge in [-0.15, -0.1) is 0 Å². The normalized spacial score (nSPS) is 14.3. The lowest BCUT2D eigenvalue weighted by atomic mass is 10.1. The van der Waals surface area contributed by atoms with E-state index >= 15 is 0 Å². The van der Waals surface area contributed by atoms with Gasteiger partial charge in [-0.3, -0.25) is 9.59 Å². The van der Waals surface area contributed by atoms with E-state index in [4.69, 9.17) is 14.2 Å². The summed E-state index contributed by atoms with van der Waals surface area (Å²) in [6.07, 6.45) is 0.791. The second kappa shape index (κ2) is 10.3. The van der Waals surface area contributed by atoms with Crippen molar-refractivity contribution >= 4 is 17.5 Å². The minimum Gasteiger partial charge on any atom is -0.497 e. The highest BCUT2D eigenvalue weighted by atomic mass is 16.5. The number of carbonyl (C=O) groups excluding carboxylic acids is 2. The third-order valence-electron chi connectivity index (χ3n) is 5.84. The topological polar surface area (TPSA) is 77.1 Å². The maximum atomic E-state index is 13.2. The number of nitrogens with zero attached hydrogens (tertiary/aromatic N) is 1. The number of methoxy groups -OCH3 is 2. The Labute approximate surface area is 199 Å². The van der Waals surface area contributed by atoms with E-state index in [0.29, 0.717) is 23.6 Å². The number of anilines is 1. The Hall–Kier alpha value is -4.00. The van der Waals surface area contributed by atoms with Crippen molar-refractivity contribution in [2.24, 2.45) is 0 Å². The molecule has 0 radical (unpaired) electrons. The molecule has 7 nitrogen and oxygen atoms in total. The van der Waals surface area contributed by atoms with E-state index in [1.807, 2.05) is 30.0 Å². The number of ether oxygens (including phenoxy) is 3. The maximum Gasteiger partial charge on any atom is 0.258 e. The van der Waals surface area contributed by atoms with Gasteiger partial charge in [0, 0.05) is 23.8 Å². The largest absolute Gasteiger partial charge is 0.497 e. The molecule has 0 fully saturated rings. The van der Waals surface area contributed by atoms with Gasteiger partial charge in [0.25, 0.3) is 11.8 Å². The first-order valence-electron chi connectivity index (χ1n) is 11.1. The Morgan fingerprint density at radius 2 is 1.53 bits per heavy atom. The minimum absolute atomic E-state index is 0.0485. The second-order valence-corrected chi connectivity index (χ2v) is 8.16. The molecule has 7 heteroatoms. The summed E-state index contributed by atoms with van der Waals surface area (Å²) < 4.78 is 15.8. The van der Waals surface area contributed by atoms with Crippen molar-refractivity contribution in [1.82, 2.24) is 5.32 Å². The molecular formula is C27H28N2O5. The highest BCUT2D eigenvalue weighted by Gasteiger charge is 2.31. The van der Waals surface area contributed by atoms with Crippen LogP contribution in [0.5, 0.6) is 17.2 Å². The average molecular weight is 461 g/mol. The van der Waals surface area contributed by atoms with Gasteiger partial charge in [0.1, 0.15) is 17.2 Å². The highest BCUT2D eigenvalue weighted by molar-refractivity contribution is 6.07. The Balaban J connectivity index is 1.38. The van der Waals surface area contributed by atoms with Crippen molar-refractivity contribution in [3.63, 3.8) is 0 Å². The van der Waals surface area contributed by atoms with Crippen LogP contribution < -0.4 is 24.4 Å². The first kappa shape index (κ1) is 23.2. The third kappa shape index (κ3) is 5.14. The SMILES string of the molecule is COc1ccc(OCC(=O)NCc2ccc3c(c2)N(C(=O)c2ccc(OC)cc2)[C@H](C)C3)cc1. The zero-order valence-electron chi connectivity index (χ0n) is 19.5. The summed E-state index contributed by atoms with van der Waals surface area (Å²) >= 11 is 0. The minimum atomic E-state index is -0.226. The number of rotatable bonds is 8. The van der Waals surface area contributed by atoms with Crippen molar-refractivity contribution in [2.75, 3.05) is 25.7 Å². The molecule has 1 heterocycles. The molecule has 3 aromatic carbocycles. The van der Waals surface area contributed by atoms with Gasteiger partial charge in [0.15, 0.2) is 6.61 Å². The van der Waals surface area contributed by atoms with Crippen LogP contribution in [0.3, 0.4) is 0 Å². The summed E-state index contributed by atoms with van der Waals surface area (Å²) in [4.78, 5) is 27.3. The smallest absolute Gasteiger partial charge is 0.258 e.